The van der Waals surface area contributed by atoms with Crippen molar-refractivity contribution in [2.45, 2.75) is 36.9 Å². The molecule has 1 atom stereocenters. The Morgan fingerprint density at radius 3 is 2.42 bits per heavy atom. The zero-order valence-electron chi connectivity index (χ0n) is 13.3. The number of aryl methyl sites for hydroxylation is 1. The van der Waals surface area contributed by atoms with Crippen molar-refractivity contribution in [3.8, 4) is 0 Å². The molecule has 0 spiro atoms. The minimum Gasteiger partial charge on any atom is -0.368 e. The molecule has 0 aliphatic heterocycles. The third-order valence-corrected chi connectivity index (χ3v) is 4.05. The van der Waals surface area contributed by atoms with E-state index in [0.29, 0.717) is 6.42 Å². The summed E-state index contributed by atoms with van der Waals surface area (Å²) >= 11 is 1.67. The summed E-state index contributed by atoms with van der Waals surface area (Å²) in [4.78, 5) is 11.4. The number of nitrogens with zero attached hydrogens (tertiary/aromatic N) is 3. The van der Waals surface area contributed by atoms with Crippen molar-refractivity contribution in [2.75, 3.05) is 17.3 Å². The van der Waals surface area contributed by atoms with Gasteiger partial charge in [0.05, 0.1) is 0 Å². The molecule has 0 amide bonds. The highest BCUT2D eigenvalue weighted by Crippen LogP contribution is 2.27. The van der Waals surface area contributed by atoms with E-state index in [9.17, 15) is 13.2 Å². The van der Waals surface area contributed by atoms with E-state index in [1.807, 2.05) is 37.4 Å². The van der Waals surface area contributed by atoms with Crippen LogP contribution >= 0.6 is 11.8 Å². The van der Waals surface area contributed by atoms with Gasteiger partial charge in [-0.05, 0) is 43.7 Å². The third kappa shape index (κ3) is 5.26. The number of halogens is 3. The lowest BCUT2D eigenvalue weighted by atomic mass is 10.1. The van der Waals surface area contributed by atoms with Gasteiger partial charge in [-0.15, -0.1) is 11.8 Å². The van der Waals surface area contributed by atoms with Crippen LogP contribution in [0.4, 0.5) is 25.1 Å². The van der Waals surface area contributed by atoms with Gasteiger partial charge in [-0.1, -0.05) is 12.1 Å². The summed E-state index contributed by atoms with van der Waals surface area (Å²) in [5.41, 5.74) is 6.48. The third-order valence-electron chi connectivity index (χ3n) is 3.31. The first-order chi connectivity index (χ1) is 11.3. The summed E-state index contributed by atoms with van der Waals surface area (Å²) in [6, 6.07) is 8.05. The maximum atomic E-state index is 12.7. The van der Waals surface area contributed by atoms with Gasteiger partial charge < -0.3 is 11.1 Å². The fourth-order valence-electron chi connectivity index (χ4n) is 2.05. The van der Waals surface area contributed by atoms with Crippen LogP contribution in [0.2, 0.25) is 0 Å². The lowest BCUT2D eigenvalue weighted by Crippen LogP contribution is -2.21. The number of nitrogens with two attached hydrogens (primary N) is 1. The number of rotatable bonds is 6. The highest BCUT2D eigenvalue weighted by molar-refractivity contribution is 7.98. The monoisotopic (exact) mass is 357 g/mol. The van der Waals surface area contributed by atoms with Crippen molar-refractivity contribution >= 4 is 23.7 Å². The van der Waals surface area contributed by atoms with E-state index < -0.39 is 17.9 Å². The molecule has 1 unspecified atom stereocenters. The van der Waals surface area contributed by atoms with Crippen molar-refractivity contribution in [3.63, 3.8) is 0 Å². The zero-order valence-corrected chi connectivity index (χ0v) is 14.1. The van der Waals surface area contributed by atoms with Crippen molar-refractivity contribution in [1.29, 1.82) is 0 Å². The highest BCUT2D eigenvalue weighted by atomic mass is 32.2. The Balaban J connectivity index is 1.96. The largest absolute Gasteiger partial charge is 0.451 e. The number of nitrogen functional groups attached to an aromatic ring is 1. The molecule has 2 aromatic rings. The van der Waals surface area contributed by atoms with E-state index in [1.54, 1.807) is 11.8 Å². The lowest BCUT2D eigenvalue weighted by Gasteiger charge is -2.15. The zero-order chi connectivity index (χ0) is 17.7. The molecule has 0 bridgehead atoms. The van der Waals surface area contributed by atoms with E-state index in [1.165, 1.54) is 4.90 Å². The van der Waals surface area contributed by atoms with Gasteiger partial charge in [0, 0.05) is 10.9 Å². The molecule has 1 aromatic carbocycles. The van der Waals surface area contributed by atoms with Gasteiger partial charge in [0.15, 0.2) is 0 Å². The Morgan fingerprint density at radius 2 is 1.83 bits per heavy atom. The second-order valence-corrected chi connectivity index (χ2v) is 6.15. The van der Waals surface area contributed by atoms with Crippen molar-refractivity contribution in [1.82, 2.24) is 15.0 Å². The van der Waals surface area contributed by atoms with Gasteiger partial charge in [-0.25, -0.2) is 0 Å². The fraction of sp³-hybridized carbons (Fsp3) is 0.400. The Bertz CT molecular complexity index is 676. The molecule has 24 heavy (non-hydrogen) atoms. The van der Waals surface area contributed by atoms with Crippen LogP contribution in [-0.4, -0.2) is 27.2 Å². The normalized spacial score (nSPS) is 12.9. The number of anilines is 2. The predicted octanol–water partition coefficient (Wildman–Crippen LogP) is 3.63. The number of thioether (sulfide) groups is 1. The Kier molecular flexibility index (Phi) is 5.87. The van der Waals surface area contributed by atoms with Crippen LogP contribution in [-0.2, 0) is 12.6 Å². The SMILES string of the molecule is CSc1ccc(CCC(C)Nc2nc(N)nc(C(F)(F)F)n2)cc1. The highest BCUT2D eigenvalue weighted by Gasteiger charge is 2.35. The standard InChI is InChI=1S/C15H18F3N5S/c1-9(3-4-10-5-7-11(24-2)8-6-10)20-14-22-12(15(16,17)18)21-13(19)23-14/h5-9H,3-4H2,1-2H3,(H3,19,20,21,22,23). The predicted molar refractivity (Wildman–Crippen MR) is 88.9 cm³/mol. The van der Waals surface area contributed by atoms with Crippen molar-refractivity contribution in [3.05, 3.63) is 35.7 Å². The van der Waals surface area contributed by atoms with E-state index in [0.717, 1.165) is 12.0 Å². The molecule has 0 radical (unpaired) electrons. The first kappa shape index (κ1) is 18.3. The molecular formula is C15H18F3N5S. The molecule has 2 rings (SSSR count). The number of hydrogen-bond acceptors (Lipinski definition) is 6. The molecule has 0 saturated carbocycles. The number of nitrogens with one attached hydrogen (secondary N) is 1. The topological polar surface area (TPSA) is 76.7 Å². The molecule has 3 N–H and O–H groups in total. The van der Waals surface area contributed by atoms with Gasteiger partial charge in [-0.2, -0.15) is 28.1 Å². The summed E-state index contributed by atoms with van der Waals surface area (Å²) < 4.78 is 38.0. The second-order valence-electron chi connectivity index (χ2n) is 5.27. The Morgan fingerprint density at radius 1 is 1.17 bits per heavy atom. The molecule has 130 valence electrons. The van der Waals surface area contributed by atoms with E-state index in [-0.39, 0.29) is 12.0 Å². The van der Waals surface area contributed by atoms with E-state index in [2.05, 4.69) is 20.3 Å². The number of benzene rings is 1. The number of alkyl halides is 3. The average molecular weight is 357 g/mol. The number of aromatic nitrogens is 3. The van der Waals surface area contributed by atoms with Gasteiger partial charge in [0.1, 0.15) is 0 Å². The van der Waals surface area contributed by atoms with E-state index >= 15 is 0 Å². The summed E-state index contributed by atoms with van der Waals surface area (Å²) in [6.45, 7) is 1.85. The van der Waals surface area contributed by atoms with Crippen LogP contribution in [0.5, 0.6) is 0 Å². The summed E-state index contributed by atoms with van der Waals surface area (Å²) in [7, 11) is 0. The molecule has 0 aliphatic carbocycles. The Labute approximate surface area is 142 Å². The van der Waals surface area contributed by atoms with Crippen LogP contribution in [0.15, 0.2) is 29.2 Å². The van der Waals surface area contributed by atoms with E-state index in [4.69, 9.17) is 5.73 Å². The van der Waals surface area contributed by atoms with Crippen molar-refractivity contribution in [2.24, 2.45) is 0 Å². The molecular weight excluding hydrogens is 339 g/mol. The van der Waals surface area contributed by atoms with Gasteiger partial charge >= 0.3 is 6.18 Å². The lowest BCUT2D eigenvalue weighted by molar-refractivity contribution is -0.144. The molecule has 0 aliphatic rings. The quantitative estimate of drug-likeness (QED) is 0.769. The molecule has 0 saturated heterocycles. The summed E-state index contributed by atoms with van der Waals surface area (Å²) in [6.07, 6.45) is -1.15. The summed E-state index contributed by atoms with van der Waals surface area (Å²) in [5, 5.41) is 2.84. The molecule has 1 aromatic heterocycles. The maximum Gasteiger partial charge on any atom is 0.451 e. The van der Waals surface area contributed by atoms with Crippen LogP contribution < -0.4 is 11.1 Å². The van der Waals surface area contributed by atoms with Crippen LogP contribution in [0.1, 0.15) is 24.7 Å². The summed E-state index contributed by atoms with van der Waals surface area (Å²) in [5.74, 6) is -1.92. The average Bonchev–Trinajstić information content (AvgIpc) is 2.52. The first-order valence-electron chi connectivity index (χ1n) is 7.26. The minimum absolute atomic E-state index is 0.117. The Hall–Kier alpha value is -2.03. The fourth-order valence-corrected chi connectivity index (χ4v) is 2.46. The minimum atomic E-state index is -4.66. The van der Waals surface area contributed by atoms with Crippen LogP contribution in [0.3, 0.4) is 0 Å². The second kappa shape index (κ2) is 7.69. The van der Waals surface area contributed by atoms with Crippen molar-refractivity contribution < 1.29 is 13.2 Å². The maximum absolute atomic E-state index is 12.7. The smallest absolute Gasteiger partial charge is 0.368 e. The van der Waals surface area contributed by atoms with Gasteiger partial charge in [0.25, 0.3) is 0 Å². The van der Waals surface area contributed by atoms with Gasteiger partial charge in [-0.3, -0.25) is 0 Å². The molecule has 5 nitrogen and oxygen atoms in total. The molecule has 0 fully saturated rings. The van der Waals surface area contributed by atoms with Crippen LogP contribution in [0, 0.1) is 0 Å². The number of hydrogen-bond donors (Lipinski definition) is 2. The first-order valence-corrected chi connectivity index (χ1v) is 8.48. The van der Waals surface area contributed by atoms with Gasteiger partial charge in [0.2, 0.25) is 17.7 Å². The van der Waals surface area contributed by atoms with Crippen LogP contribution in [0.25, 0.3) is 0 Å². The molecule has 1 heterocycles. The molecule has 9 heteroatoms.